The van der Waals surface area contributed by atoms with Gasteiger partial charge in [-0.25, -0.2) is 23.2 Å². The molecule has 34 heavy (non-hydrogen) atoms. The summed E-state index contributed by atoms with van der Waals surface area (Å²) in [5.74, 6) is -2.80. The van der Waals surface area contributed by atoms with Crippen molar-refractivity contribution in [3.8, 4) is 0 Å². The zero-order valence-electron chi connectivity index (χ0n) is 19.5. The van der Waals surface area contributed by atoms with Crippen molar-refractivity contribution in [2.24, 2.45) is 11.7 Å². The van der Waals surface area contributed by atoms with Crippen molar-refractivity contribution in [1.82, 2.24) is 25.4 Å². The highest BCUT2D eigenvalue weighted by Gasteiger charge is 2.35. The molecule has 186 valence electrons. The van der Waals surface area contributed by atoms with E-state index in [0.717, 1.165) is 12.8 Å². The highest BCUT2D eigenvalue weighted by atomic mass is 19.3. The second-order valence-electron chi connectivity index (χ2n) is 9.16. The molecule has 0 radical (unpaired) electrons. The van der Waals surface area contributed by atoms with Crippen LogP contribution in [0.4, 0.5) is 13.6 Å². The number of rotatable bonds is 12. The van der Waals surface area contributed by atoms with Crippen LogP contribution in [0.25, 0.3) is 0 Å². The molecule has 1 aliphatic carbocycles. The van der Waals surface area contributed by atoms with E-state index in [1.165, 1.54) is 37.0 Å². The van der Waals surface area contributed by atoms with Gasteiger partial charge >= 0.3 is 6.09 Å². The molecule has 1 atom stereocenters. The Kier molecular flexibility index (Phi) is 8.19. The van der Waals surface area contributed by atoms with Gasteiger partial charge in [-0.15, -0.1) is 0 Å². The van der Waals surface area contributed by atoms with Crippen LogP contribution in [-0.2, 0) is 22.0 Å². The van der Waals surface area contributed by atoms with E-state index < -0.39 is 35.9 Å². The number of nitrogens with zero attached hydrogens (tertiary/aromatic N) is 3. The number of amides is 2. The number of alkyl halides is 2. The van der Waals surface area contributed by atoms with Crippen LogP contribution >= 0.6 is 0 Å². The average Bonchev–Trinajstić information content (AvgIpc) is 3.51. The van der Waals surface area contributed by atoms with Crippen LogP contribution in [0.15, 0.2) is 36.7 Å². The van der Waals surface area contributed by atoms with Gasteiger partial charge in [-0.05, 0) is 39.0 Å². The second kappa shape index (κ2) is 10.9. The molecule has 1 saturated carbocycles. The maximum absolute atomic E-state index is 14.8. The lowest BCUT2D eigenvalue weighted by Gasteiger charge is -2.26. The van der Waals surface area contributed by atoms with Gasteiger partial charge in [0.25, 0.3) is 5.92 Å². The predicted molar refractivity (Wildman–Crippen MR) is 121 cm³/mol. The third-order valence-corrected chi connectivity index (χ3v) is 5.56. The molecule has 11 heteroatoms. The summed E-state index contributed by atoms with van der Waals surface area (Å²) in [6.45, 7) is 3.80. The Morgan fingerprint density at radius 1 is 1.26 bits per heavy atom. The van der Waals surface area contributed by atoms with E-state index in [2.05, 4.69) is 20.7 Å². The summed E-state index contributed by atoms with van der Waals surface area (Å²) in [4.78, 5) is 28.5. The number of carbonyl (C=O) groups excluding carboxylic acids is 2. The fourth-order valence-electron chi connectivity index (χ4n) is 3.30. The van der Waals surface area contributed by atoms with Crippen LogP contribution in [0, 0.1) is 5.92 Å². The summed E-state index contributed by atoms with van der Waals surface area (Å²) >= 11 is 0. The standard InChI is InChI=1S/C23H32F2N6O3/c1-22(2,26)20(32)30-18(10-11-23(24,25)17-6-4-3-5-7-17)19-28-15-29-31(19)12-13-34-21(33)27-14-16-8-9-16/h3-7,15-16,18H,8-14,26H2,1-2H3,(H,27,33)(H,30,32). The van der Waals surface area contributed by atoms with Gasteiger partial charge in [0.05, 0.1) is 18.1 Å². The van der Waals surface area contributed by atoms with Crippen LogP contribution in [0.5, 0.6) is 0 Å². The average molecular weight is 479 g/mol. The van der Waals surface area contributed by atoms with Gasteiger partial charge in [0.15, 0.2) is 0 Å². The Morgan fingerprint density at radius 3 is 2.62 bits per heavy atom. The molecular formula is C23H32F2N6O3. The molecule has 0 aliphatic heterocycles. The first-order valence-corrected chi connectivity index (χ1v) is 11.4. The van der Waals surface area contributed by atoms with Gasteiger partial charge in [0.1, 0.15) is 18.8 Å². The zero-order chi connectivity index (χ0) is 24.8. The van der Waals surface area contributed by atoms with Crippen LogP contribution in [-0.4, -0.2) is 45.5 Å². The summed E-state index contributed by atoms with van der Waals surface area (Å²) in [5, 5.41) is 9.53. The number of alkyl carbamates (subject to hydrolysis) is 1. The van der Waals surface area contributed by atoms with Crippen molar-refractivity contribution in [3.63, 3.8) is 0 Å². The van der Waals surface area contributed by atoms with Gasteiger partial charge in [-0.1, -0.05) is 30.3 Å². The van der Waals surface area contributed by atoms with E-state index in [1.807, 2.05) is 0 Å². The number of nitrogens with one attached hydrogen (secondary N) is 2. The lowest BCUT2D eigenvalue weighted by molar-refractivity contribution is -0.126. The number of nitrogens with two attached hydrogens (primary N) is 1. The summed E-state index contributed by atoms with van der Waals surface area (Å²) in [6, 6.07) is 6.64. The number of hydrogen-bond donors (Lipinski definition) is 3. The van der Waals surface area contributed by atoms with Gasteiger partial charge in [0.2, 0.25) is 5.91 Å². The van der Waals surface area contributed by atoms with Crippen molar-refractivity contribution in [1.29, 1.82) is 0 Å². The van der Waals surface area contributed by atoms with Crippen LogP contribution in [0.1, 0.15) is 57.0 Å². The van der Waals surface area contributed by atoms with Crippen molar-refractivity contribution in [3.05, 3.63) is 48.0 Å². The molecule has 1 heterocycles. The Bertz CT molecular complexity index is 957. The molecule has 4 N–H and O–H groups in total. The predicted octanol–water partition coefficient (Wildman–Crippen LogP) is 2.88. The monoisotopic (exact) mass is 478 g/mol. The van der Waals surface area contributed by atoms with E-state index in [1.54, 1.807) is 18.2 Å². The number of ether oxygens (including phenoxy) is 1. The van der Waals surface area contributed by atoms with E-state index in [9.17, 15) is 18.4 Å². The third-order valence-electron chi connectivity index (χ3n) is 5.56. The normalized spacial score (nSPS) is 15.0. The first-order valence-electron chi connectivity index (χ1n) is 11.4. The van der Waals surface area contributed by atoms with Gasteiger partial charge in [-0.2, -0.15) is 5.10 Å². The maximum Gasteiger partial charge on any atom is 0.407 e. The van der Waals surface area contributed by atoms with Crippen molar-refractivity contribution in [2.75, 3.05) is 13.2 Å². The minimum Gasteiger partial charge on any atom is -0.448 e. The minimum absolute atomic E-state index is 0.0100. The highest BCUT2D eigenvalue weighted by molar-refractivity contribution is 5.85. The second-order valence-corrected chi connectivity index (χ2v) is 9.16. The Morgan fingerprint density at radius 2 is 1.97 bits per heavy atom. The molecule has 3 rings (SSSR count). The number of halogens is 2. The topological polar surface area (TPSA) is 124 Å². The molecule has 0 saturated heterocycles. The summed E-state index contributed by atoms with van der Waals surface area (Å²) in [5.41, 5.74) is 4.57. The van der Waals surface area contributed by atoms with E-state index in [4.69, 9.17) is 10.5 Å². The van der Waals surface area contributed by atoms with Gasteiger partial charge < -0.3 is 21.1 Å². The SMILES string of the molecule is CC(C)(N)C(=O)NC(CCC(F)(F)c1ccccc1)c1ncnn1CCOC(=O)NCC1CC1. The van der Waals surface area contributed by atoms with Crippen molar-refractivity contribution >= 4 is 12.0 Å². The Labute approximate surface area is 197 Å². The van der Waals surface area contributed by atoms with Crippen LogP contribution in [0.3, 0.4) is 0 Å². The number of aromatic nitrogens is 3. The quantitative estimate of drug-likeness (QED) is 0.431. The maximum atomic E-state index is 14.8. The Balaban J connectivity index is 1.66. The number of carbonyl (C=O) groups is 2. The lowest BCUT2D eigenvalue weighted by Crippen LogP contribution is -2.50. The molecule has 1 aromatic heterocycles. The molecular weight excluding hydrogens is 446 g/mol. The molecule has 2 aromatic rings. The summed E-state index contributed by atoms with van der Waals surface area (Å²) in [7, 11) is 0. The van der Waals surface area contributed by atoms with Crippen LogP contribution < -0.4 is 16.4 Å². The summed E-state index contributed by atoms with van der Waals surface area (Å²) in [6.07, 6.45) is 2.33. The zero-order valence-corrected chi connectivity index (χ0v) is 19.5. The molecule has 1 aromatic carbocycles. The lowest BCUT2D eigenvalue weighted by atomic mass is 9.99. The van der Waals surface area contributed by atoms with Crippen molar-refractivity contribution < 1.29 is 23.1 Å². The Hall–Kier alpha value is -3.08. The van der Waals surface area contributed by atoms with E-state index in [-0.39, 0.29) is 31.0 Å². The highest BCUT2D eigenvalue weighted by Crippen LogP contribution is 2.35. The van der Waals surface area contributed by atoms with Gasteiger partial charge in [0, 0.05) is 18.5 Å². The molecule has 2 amide bonds. The minimum atomic E-state index is -3.10. The fraction of sp³-hybridized carbons (Fsp3) is 0.565. The fourth-order valence-corrected chi connectivity index (χ4v) is 3.30. The molecule has 0 bridgehead atoms. The molecule has 1 aliphatic rings. The van der Waals surface area contributed by atoms with Crippen molar-refractivity contribution in [2.45, 2.75) is 63.6 Å². The molecule has 1 unspecified atom stereocenters. The molecule has 9 nitrogen and oxygen atoms in total. The molecule has 1 fully saturated rings. The largest absolute Gasteiger partial charge is 0.448 e. The third kappa shape index (κ3) is 7.47. The van der Waals surface area contributed by atoms with E-state index in [0.29, 0.717) is 12.5 Å². The van der Waals surface area contributed by atoms with Gasteiger partial charge in [-0.3, -0.25) is 4.79 Å². The number of hydrogen-bond acceptors (Lipinski definition) is 6. The first kappa shape index (κ1) is 25.5. The smallest absolute Gasteiger partial charge is 0.407 e. The van der Waals surface area contributed by atoms with E-state index >= 15 is 0 Å². The molecule has 0 spiro atoms. The number of benzene rings is 1. The summed E-state index contributed by atoms with van der Waals surface area (Å²) < 4.78 is 36.2. The first-order chi connectivity index (χ1) is 16.1. The van der Waals surface area contributed by atoms with Crippen LogP contribution in [0.2, 0.25) is 0 Å².